The minimum atomic E-state index is -0.830. The number of hydrazine groups is 1. The average molecular weight is 389 g/mol. The zero-order chi connectivity index (χ0) is 20.4. The summed E-state index contributed by atoms with van der Waals surface area (Å²) in [7, 11) is 1.54. The number of carbonyl (C=O) groups is 3. The van der Waals surface area contributed by atoms with Crippen LogP contribution in [0.4, 0.5) is 5.69 Å². The molecule has 0 saturated carbocycles. The van der Waals surface area contributed by atoms with E-state index in [1.807, 2.05) is 30.3 Å². The second kappa shape index (κ2) is 7.73. The van der Waals surface area contributed by atoms with Crippen LogP contribution < -0.4 is 20.5 Å². The Hall–Kier alpha value is -3.71. The molecule has 3 aromatic rings. The molecular formula is C22H19N3O4. The number of fused-ring (bicyclic) bond motifs is 1. The SMILES string of the molecule is COc1ccc(N2C(=O)CC(NNC(=O)c3cccc4ccccc34)C2=O)cc1. The van der Waals surface area contributed by atoms with Crippen LogP contribution in [0, 0.1) is 0 Å². The second-order valence-corrected chi connectivity index (χ2v) is 6.65. The van der Waals surface area contributed by atoms with Gasteiger partial charge in [0.25, 0.3) is 11.8 Å². The van der Waals surface area contributed by atoms with Gasteiger partial charge in [0.2, 0.25) is 5.91 Å². The number of carbonyl (C=O) groups excluding carboxylic acids is 3. The van der Waals surface area contributed by atoms with E-state index in [2.05, 4.69) is 10.9 Å². The van der Waals surface area contributed by atoms with E-state index in [4.69, 9.17) is 4.74 Å². The molecule has 4 rings (SSSR count). The van der Waals surface area contributed by atoms with Crippen molar-refractivity contribution >= 4 is 34.2 Å². The number of benzene rings is 3. The molecule has 7 nitrogen and oxygen atoms in total. The monoisotopic (exact) mass is 389 g/mol. The average Bonchev–Trinajstić information content (AvgIpc) is 3.04. The molecule has 3 amide bonds. The molecule has 1 atom stereocenters. The largest absolute Gasteiger partial charge is 0.497 e. The molecule has 29 heavy (non-hydrogen) atoms. The van der Waals surface area contributed by atoms with Crippen LogP contribution in [0.3, 0.4) is 0 Å². The number of methoxy groups -OCH3 is 1. The highest BCUT2D eigenvalue weighted by atomic mass is 16.5. The molecule has 0 aromatic heterocycles. The lowest BCUT2D eigenvalue weighted by Crippen LogP contribution is -2.48. The van der Waals surface area contributed by atoms with E-state index in [1.165, 1.54) is 0 Å². The highest BCUT2D eigenvalue weighted by molar-refractivity contribution is 6.22. The highest BCUT2D eigenvalue weighted by Gasteiger charge is 2.39. The fourth-order valence-electron chi connectivity index (χ4n) is 3.39. The third kappa shape index (κ3) is 3.55. The molecule has 1 aliphatic rings. The van der Waals surface area contributed by atoms with Gasteiger partial charge in [0, 0.05) is 5.56 Å². The van der Waals surface area contributed by atoms with E-state index in [1.54, 1.807) is 43.5 Å². The topological polar surface area (TPSA) is 87.7 Å². The van der Waals surface area contributed by atoms with Gasteiger partial charge in [-0.05, 0) is 41.1 Å². The van der Waals surface area contributed by atoms with Crippen molar-refractivity contribution in [3.05, 3.63) is 72.3 Å². The molecule has 1 heterocycles. The Bertz CT molecular complexity index is 1090. The minimum Gasteiger partial charge on any atom is -0.497 e. The molecule has 0 radical (unpaired) electrons. The van der Waals surface area contributed by atoms with Crippen molar-refractivity contribution in [1.82, 2.24) is 10.9 Å². The number of rotatable bonds is 5. The molecule has 1 fully saturated rings. The molecule has 0 aliphatic carbocycles. The number of ether oxygens (including phenoxy) is 1. The van der Waals surface area contributed by atoms with Crippen molar-refractivity contribution in [2.24, 2.45) is 0 Å². The van der Waals surface area contributed by atoms with Crippen molar-refractivity contribution in [2.75, 3.05) is 12.0 Å². The second-order valence-electron chi connectivity index (χ2n) is 6.65. The van der Waals surface area contributed by atoms with Crippen molar-refractivity contribution in [2.45, 2.75) is 12.5 Å². The first-order valence-corrected chi connectivity index (χ1v) is 9.13. The molecule has 146 valence electrons. The number of anilines is 1. The summed E-state index contributed by atoms with van der Waals surface area (Å²) in [5.41, 5.74) is 6.23. The molecule has 3 aromatic carbocycles. The van der Waals surface area contributed by atoms with Crippen LogP contribution in [-0.2, 0) is 9.59 Å². The summed E-state index contributed by atoms with van der Waals surface area (Å²) in [5.74, 6) is -0.495. The summed E-state index contributed by atoms with van der Waals surface area (Å²) in [4.78, 5) is 38.8. The first-order chi connectivity index (χ1) is 14.1. The maximum atomic E-state index is 12.7. The molecule has 7 heteroatoms. The van der Waals surface area contributed by atoms with E-state index in [0.29, 0.717) is 17.0 Å². The number of hydrogen-bond acceptors (Lipinski definition) is 5. The van der Waals surface area contributed by atoms with Gasteiger partial charge in [-0.2, -0.15) is 0 Å². The molecule has 0 bridgehead atoms. The minimum absolute atomic E-state index is 0.0410. The maximum Gasteiger partial charge on any atom is 0.266 e. The van der Waals surface area contributed by atoms with Crippen LogP contribution in [0.5, 0.6) is 5.75 Å². The molecular weight excluding hydrogens is 370 g/mol. The highest BCUT2D eigenvalue weighted by Crippen LogP contribution is 2.25. The van der Waals surface area contributed by atoms with E-state index in [0.717, 1.165) is 15.7 Å². The summed E-state index contributed by atoms with van der Waals surface area (Å²) in [6.07, 6.45) is -0.0410. The first kappa shape index (κ1) is 18.6. The van der Waals surface area contributed by atoms with Gasteiger partial charge >= 0.3 is 0 Å². The Balaban J connectivity index is 1.46. The third-order valence-corrected chi connectivity index (χ3v) is 4.87. The lowest BCUT2D eigenvalue weighted by Gasteiger charge is -2.16. The van der Waals surface area contributed by atoms with E-state index in [-0.39, 0.29) is 18.2 Å². The fourth-order valence-corrected chi connectivity index (χ4v) is 3.39. The van der Waals surface area contributed by atoms with Crippen LogP contribution in [-0.4, -0.2) is 30.9 Å². The summed E-state index contributed by atoms with van der Waals surface area (Å²) in [5, 5.41) is 1.75. The summed E-state index contributed by atoms with van der Waals surface area (Å²) in [6.45, 7) is 0. The van der Waals surface area contributed by atoms with Crippen LogP contribution in [0.25, 0.3) is 10.8 Å². The van der Waals surface area contributed by atoms with Gasteiger partial charge in [0.05, 0.1) is 19.2 Å². The van der Waals surface area contributed by atoms with E-state index in [9.17, 15) is 14.4 Å². The van der Waals surface area contributed by atoms with Crippen molar-refractivity contribution in [1.29, 1.82) is 0 Å². The van der Waals surface area contributed by atoms with Crippen LogP contribution in [0.15, 0.2) is 66.7 Å². The molecule has 2 N–H and O–H groups in total. The Morgan fingerprint density at radius 1 is 1.00 bits per heavy atom. The van der Waals surface area contributed by atoms with Gasteiger partial charge < -0.3 is 4.74 Å². The standard InChI is InChI=1S/C22H19N3O4/c1-29-16-11-9-15(10-12-16)25-20(26)13-19(22(25)28)23-24-21(27)18-8-4-6-14-5-2-3-7-17(14)18/h2-12,19,23H,13H2,1H3,(H,24,27). The molecule has 1 aliphatic heterocycles. The Kier molecular flexibility index (Phi) is 4.97. The van der Waals surface area contributed by atoms with Crippen LogP contribution in [0.2, 0.25) is 0 Å². The Labute approximate surface area is 167 Å². The van der Waals surface area contributed by atoms with E-state index >= 15 is 0 Å². The predicted octanol–water partition coefficient (Wildman–Crippen LogP) is 2.41. The zero-order valence-electron chi connectivity index (χ0n) is 15.7. The third-order valence-electron chi connectivity index (χ3n) is 4.87. The summed E-state index contributed by atoms with van der Waals surface area (Å²) in [6, 6.07) is 18.8. The van der Waals surface area contributed by atoms with Gasteiger partial charge in [-0.3, -0.25) is 19.8 Å². The quantitative estimate of drug-likeness (QED) is 0.517. The molecule has 0 spiro atoms. The van der Waals surface area contributed by atoms with Crippen molar-refractivity contribution < 1.29 is 19.1 Å². The Morgan fingerprint density at radius 3 is 2.48 bits per heavy atom. The number of hydrogen-bond donors (Lipinski definition) is 2. The van der Waals surface area contributed by atoms with E-state index < -0.39 is 11.9 Å². The van der Waals surface area contributed by atoms with Gasteiger partial charge in [-0.25, -0.2) is 10.3 Å². The molecule has 1 unspecified atom stereocenters. The van der Waals surface area contributed by atoms with Gasteiger partial charge in [0.15, 0.2) is 0 Å². The number of imide groups is 1. The first-order valence-electron chi connectivity index (χ1n) is 9.13. The van der Waals surface area contributed by atoms with Gasteiger partial charge in [-0.15, -0.1) is 0 Å². The number of nitrogens with zero attached hydrogens (tertiary/aromatic N) is 1. The maximum absolute atomic E-state index is 12.7. The smallest absolute Gasteiger partial charge is 0.266 e. The van der Waals surface area contributed by atoms with Crippen molar-refractivity contribution in [3.8, 4) is 5.75 Å². The lowest BCUT2D eigenvalue weighted by molar-refractivity contribution is -0.121. The van der Waals surface area contributed by atoms with Gasteiger partial charge in [0.1, 0.15) is 11.8 Å². The lowest BCUT2D eigenvalue weighted by atomic mass is 10.0. The van der Waals surface area contributed by atoms with Crippen LogP contribution in [0.1, 0.15) is 16.8 Å². The number of nitrogens with one attached hydrogen (secondary N) is 2. The van der Waals surface area contributed by atoms with Gasteiger partial charge in [-0.1, -0.05) is 36.4 Å². The zero-order valence-corrected chi connectivity index (χ0v) is 15.7. The van der Waals surface area contributed by atoms with Crippen molar-refractivity contribution in [3.63, 3.8) is 0 Å². The molecule has 1 saturated heterocycles. The number of amides is 3. The van der Waals surface area contributed by atoms with Crippen LogP contribution >= 0.6 is 0 Å². The Morgan fingerprint density at radius 2 is 1.72 bits per heavy atom. The normalized spacial score (nSPS) is 16.3. The summed E-state index contributed by atoms with van der Waals surface area (Å²) < 4.78 is 5.10. The summed E-state index contributed by atoms with van der Waals surface area (Å²) >= 11 is 0. The predicted molar refractivity (Wildman–Crippen MR) is 108 cm³/mol. The fraction of sp³-hybridized carbons (Fsp3) is 0.136.